The van der Waals surface area contributed by atoms with Crippen LogP contribution in [0, 0.1) is 0 Å². The summed E-state index contributed by atoms with van der Waals surface area (Å²) in [7, 11) is 1.97. The number of aryl methyl sites for hydroxylation is 1. The summed E-state index contributed by atoms with van der Waals surface area (Å²) in [6, 6.07) is 17.9. The number of thiocarbonyl (C=S) groups is 1. The van der Waals surface area contributed by atoms with E-state index in [4.69, 9.17) is 23.8 Å². The van der Waals surface area contributed by atoms with E-state index in [-0.39, 0.29) is 6.04 Å². The van der Waals surface area contributed by atoms with Crippen LogP contribution >= 0.6 is 35.6 Å². The number of benzene rings is 2. The Morgan fingerprint density at radius 3 is 2.59 bits per heavy atom. The summed E-state index contributed by atoms with van der Waals surface area (Å²) in [5.74, 6) is 1.82. The molecule has 0 fully saturated rings. The van der Waals surface area contributed by atoms with Crippen LogP contribution in [0.1, 0.15) is 17.4 Å². The molecule has 1 aromatic heterocycles. The first kappa shape index (κ1) is 19.7. The Balaban J connectivity index is 1.59. The van der Waals surface area contributed by atoms with Crippen molar-refractivity contribution < 1.29 is 0 Å². The maximum absolute atomic E-state index is 6.03. The molecule has 0 aliphatic carbocycles. The molecule has 3 rings (SSSR count). The second-order valence-corrected chi connectivity index (χ2v) is 7.96. The van der Waals surface area contributed by atoms with E-state index >= 15 is 0 Å². The van der Waals surface area contributed by atoms with Crippen LogP contribution in [0.25, 0.3) is 0 Å². The second-order valence-electron chi connectivity index (χ2n) is 5.94. The normalized spacial score (nSPS) is 11.8. The van der Waals surface area contributed by atoms with Crippen molar-refractivity contribution in [2.45, 2.75) is 10.9 Å². The fraction of sp³-hybridized carbons (Fsp3) is 0.200. The molecule has 3 aromatic rings. The van der Waals surface area contributed by atoms with Crippen molar-refractivity contribution in [3.8, 4) is 0 Å². The van der Waals surface area contributed by atoms with Crippen LogP contribution in [0.2, 0.25) is 5.02 Å². The van der Waals surface area contributed by atoms with Gasteiger partial charge in [-0.3, -0.25) is 0 Å². The zero-order chi connectivity index (χ0) is 19.1. The number of hydrogen-bond acceptors (Lipinski definition) is 3. The zero-order valence-electron chi connectivity index (χ0n) is 14.9. The molecule has 0 saturated heterocycles. The van der Waals surface area contributed by atoms with E-state index in [1.165, 1.54) is 4.90 Å². The monoisotopic (exact) mass is 416 g/mol. The maximum atomic E-state index is 6.03. The smallest absolute Gasteiger partial charge is 0.167 e. The lowest BCUT2D eigenvalue weighted by molar-refractivity contribution is 0.654. The minimum Gasteiger partial charge on any atom is -0.362 e. The quantitative estimate of drug-likeness (QED) is 0.339. The topological polar surface area (TPSA) is 41.9 Å². The van der Waals surface area contributed by atoms with Crippen LogP contribution in [0.5, 0.6) is 0 Å². The molecule has 0 bridgehead atoms. The summed E-state index contributed by atoms with van der Waals surface area (Å²) in [6.45, 7) is 0.777. The molecule has 0 aliphatic heterocycles. The number of rotatable bonds is 7. The van der Waals surface area contributed by atoms with Crippen molar-refractivity contribution in [2.24, 2.45) is 7.05 Å². The van der Waals surface area contributed by atoms with Gasteiger partial charge in [0.2, 0.25) is 0 Å². The van der Waals surface area contributed by atoms with Gasteiger partial charge in [0.1, 0.15) is 11.9 Å². The Labute approximate surface area is 174 Å². The van der Waals surface area contributed by atoms with Crippen LogP contribution in [-0.2, 0) is 7.05 Å². The molecule has 140 valence electrons. The van der Waals surface area contributed by atoms with Crippen molar-refractivity contribution in [1.29, 1.82) is 0 Å². The van der Waals surface area contributed by atoms with Crippen molar-refractivity contribution >= 4 is 40.7 Å². The standard InChI is InChI=1S/C20H21ClN4S2/c1-25-13-11-22-19(25)18(15-7-9-16(21)10-8-15)24-20(26)23-12-14-27-17-5-3-2-4-6-17/h2-11,13,18H,12,14H2,1H3,(H2,23,24,26)/t18-/m0/s1. The molecule has 27 heavy (non-hydrogen) atoms. The highest BCUT2D eigenvalue weighted by molar-refractivity contribution is 7.99. The molecule has 2 aromatic carbocycles. The molecule has 0 aliphatic rings. The molecule has 1 atom stereocenters. The molecule has 0 radical (unpaired) electrons. The van der Waals surface area contributed by atoms with Gasteiger partial charge in [-0.05, 0) is 42.0 Å². The first-order valence-electron chi connectivity index (χ1n) is 8.58. The molecule has 0 spiro atoms. The third-order valence-corrected chi connectivity index (χ3v) is 5.52. The third kappa shape index (κ3) is 5.73. The summed E-state index contributed by atoms with van der Waals surface area (Å²) >= 11 is 13.3. The number of aromatic nitrogens is 2. The summed E-state index contributed by atoms with van der Waals surface area (Å²) in [4.78, 5) is 5.73. The van der Waals surface area contributed by atoms with Gasteiger partial charge in [0.25, 0.3) is 0 Å². The van der Waals surface area contributed by atoms with E-state index in [9.17, 15) is 0 Å². The van der Waals surface area contributed by atoms with Crippen LogP contribution in [-0.4, -0.2) is 27.0 Å². The Kier molecular flexibility index (Phi) is 7.15. The lowest BCUT2D eigenvalue weighted by atomic mass is 10.1. The van der Waals surface area contributed by atoms with Gasteiger partial charge < -0.3 is 15.2 Å². The fourth-order valence-electron chi connectivity index (χ4n) is 2.64. The second kappa shape index (κ2) is 9.78. The van der Waals surface area contributed by atoms with Crippen LogP contribution in [0.3, 0.4) is 0 Å². The number of thioether (sulfide) groups is 1. The fourth-order valence-corrected chi connectivity index (χ4v) is 3.78. The maximum Gasteiger partial charge on any atom is 0.167 e. The molecule has 4 nitrogen and oxygen atoms in total. The molecule has 7 heteroatoms. The molecule has 0 amide bonds. The van der Waals surface area contributed by atoms with Gasteiger partial charge >= 0.3 is 0 Å². The third-order valence-electron chi connectivity index (χ3n) is 3.99. The minimum atomic E-state index is -0.149. The van der Waals surface area contributed by atoms with Gasteiger partial charge in [0, 0.05) is 41.7 Å². The average molecular weight is 417 g/mol. The Morgan fingerprint density at radius 1 is 1.19 bits per heavy atom. The predicted molar refractivity (Wildman–Crippen MR) is 117 cm³/mol. The Morgan fingerprint density at radius 2 is 1.93 bits per heavy atom. The average Bonchev–Trinajstić information content (AvgIpc) is 3.11. The van der Waals surface area contributed by atoms with Gasteiger partial charge in [-0.2, -0.15) is 0 Å². The van der Waals surface area contributed by atoms with Gasteiger partial charge in [-0.1, -0.05) is 41.9 Å². The molecule has 1 heterocycles. The highest BCUT2D eigenvalue weighted by Crippen LogP contribution is 2.22. The van der Waals surface area contributed by atoms with E-state index in [0.717, 1.165) is 23.7 Å². The van der Waals surface area contributed by atoms with Gasteiger partial charge in [-0.15, -0.1) is 11.8 Å². The number of nitrogens with zero attached hydrogens (tertiary/aromatic N) is 2. The van der Waals surface area contributed by atoms with E-state index in [1.54, 1.807) is 18.0 Å². The number of imidazole rings is 1. The Bertz CT molecular complexity index is 865. The number of hydrogen-bond donors (Lipinski definition) is 2. The van der Waals surface area contributed by atoms with Crippen LogP contribution in [0.15, 0.2) is 71.9 Å². The van der Waals surface area contributed by atoms with E-state index in [1.807, 2.05) is 60.3 Å². The van der Waals surface area contributed by atoms with Crippen LogP contribution < -0.4 is 10.6 Å². The molecule has 2 N–H and O–H groups in total. The van der Waals surface area contributed by atoms with Gasteiger partial charge in [0.15, 0.2) is 5.11 Å². The SMILES string of the molecule is Cn1ccnc1[C@@H](NC(=S)NCCSc1ccccc1)c1ccc(Cl)cc1. The molecule has 0 unspecified atom stereocenters. The summed E-state index contributed by atoms with van der Waals surface area (Å²) in [6.07, 6.45) is 3.71. The number of halogens is 1. The molecular formula is C20H21ClN4S2. The van der Waals surface area contributed by atoms with Crippen molar-refractivity contribution in [3.05, 3.63) is 83.4 Å². The summed E-state index contributed by atoms with van der Waals surface area (Å²) < 4.78 is 1.99. The van der Waals surface area contributed by atoms with E-state index < -0.39 is 0 Å². The minimum absolute atomic E-state index is 0.149. The lowest BCUT2D eigenvalue weighted by Gasteiger charge is -2.21. The van der Waals surface area contributed by atoms with Crippen LogP contribution in [0.4, 0.5) is 0 Å². The van der Waals surface area contributed by atoms with Gasteiger partial charge in [-0.25, -0.2) is 4.98 Å². The van der Waals surface area contributed by atoms with E-state index in [2.05, 4.69) is 27.8 Å². The van der Waals surface area contributed by atoms with Crippen molar-refractivity contribution in [3.63, 3.8) is 0 Å². The van der Waals surface area contributed by atoms with Crippen molar-refractivity contribution in [2.75, 3.05) is 12.3 Å². The Hall–Kier alpha value is -2.02. The number of nitrogens with one attached hydrogen (secondary N) is 2. The molecular weight excluding hydrogens is 396 g/mol. The predicted octanol–water partition coefficient (Wildman–Crippen LogP) is 4.42. The highest BCUT2D eigenvalue weighted by Gasteiger charge is 2.19. The van der Waals surface area contributed by atoms with Gasteiger partial charge in [0.05, 0.1) is 0 Å². The highest BCUT2D eigenvalue weighted by atomic mass is 35.5. The first-order chi connectivity index (χ1) is 13.1. The van der Waals surface area contributed by atoms with Crippen molar-refractivity contribution in [1.82, 2.24) is 20.2 Å². The molecule has 0 saturated carbocycles. The lowest BCUT2D eigenvalue weighted by Crippen LogP contribution is -2.39. The summed E-state index contributed by atoms with van der Waals surface area (Å²) in [5.41, 5.74) is 1.05. The summed E-state index contributed by atoms with van der Waals surface area (Å²) in [5, 5.41) is 7.97. The van der Waals surface area contributed by atoms with E-state index in [0.29, 0.717) is 10.1 Å². The first-order valence-corrected chi connectivity index (χ1v) is 10.4. The largest absolute Gasteiger partial charge is 0.362 e. The zero-order valence-corrected chi connectivity index (χ0v) is 17.3.